The normalized spacial score (nSPS) is 12.0. The van der Waals surface area contributed by atoms with Crippen LogP contribution in [-0.2, 0) is 0 Å². The van der Waals surface area contributed by atoms with Crippen LogP contribution in [0.3, 0.4) is 0 Å². The molecule has 2 aromatic heterocycles. The molecule has 0 bridgehead atoms. The Hall–Kier alpha value is -3.44. The van der Waals surface area contributed by atoms with Gasteiger partial charge in [-0.2, -0.15) is 5.10 Å². The third-order valence-corrected chi connectivity index (χ3v) is 6.20. The van der Waals surface area contributed by atoms with E-state index < -0.39 is 0 Å². The third kappa shape index (κ3) is 3.48. The van der Waals surface area contributed by atoms with Gasteiger partial charge in [0.25, 0.3) is 0 Å². The Kier molecular flexibility index (Phi) is 4.60. The van der Waals surface area contributed by atoms with E-state index in [-0.39, 0.29) is 0 Å². The summed E-state index contributed by atoms with van der Waals surface area (Å²) in [7, 11) is 0. The fourth-order valence-electron chi connectivity index (χ4n) is 3.40. The highest BCUT2D eigenvalue weighted by Crippen LogP contribution is 2.26. The van der Waals surface area contributed by atoms with Crippen LogP contribution in [0.25, 0.3) is 32.5 Å². The molecular formula is C25H21N3OS. The Morgan fingerprint density at radius 2 is 1.67 bits per heavy atom. The first-order valence-corrected chi connectivity index (χ1v) is 10.7. The molecule has 0 aliphatic rings. The molecule has 4 nitrogen and oxygen atoms in total. The molecule has 0 atom stereocenters. The molecule has 1 N–H and O–H groups in total. The van der Waals surface area contributed by atoms with E-state index in [1.54, 1.807) is 11.3 Å². The summed E-state index contributed by atoms with van der Waals surface area (Å²) in [4.78, 5) is 4.62. The van der Waals surface area contributed by atoms with Crippen molar-refractivity contribution in [3.8, 4) is 11.3 Å². The summed E-state index contributed by atoms with van der Waals surface area (Å²) in [6.07, 6.45) is 0. The van der Waals surface area contributed by atoms with Gasteiger partial charge in [0.2, 0.25) is 5.13 Å². The van der Waals surface area contributed by atoms with E-state index in [2.05, 4.69) is 73.6 Å². The number of aromatic nitrogens is 1. The third-order valence-electron chi connectivity index (χ3n) is 5.26. The van der Waals surface area contributed by atoms with Gasteiger partial charge < -0.3 is 4.42 Å². The Balaban J connectivity index is 1.66. The number of nitrogens with one attached hydrogen (secondary N) is 1. The Morgan fingerprint density at radius 1 is 0.900 bits per heavy atom. The maximum absolute atomic E-state index is 6.26. The number of aryl methyl sites for hydroxylation is 3. The van der Waals surface area contributed by atoms with Crippen molar-refractivity contribution in [3.63, 3.8) is 0 Å². The summed E-state index contributed by atoms with van der Waals surface area (Å²) in [5, 5.41) is 7.28. The van der Waals surface area contributed by atoms with Crippen LogP contribution in [0, 0.1) is 20.8 Å². The first kappa shape index (κ1) is 18.6. The zero-order valence-electron chi connectivity index (χ0n) is 17.1. The number of rotatable bonds is 3. The van der Waals surface area contributed by atoms with E-state index in [1.807, 2.05) is 24.3 Å². The number of hydrogen-bond acceptors (Lipinski definition) is 5. The molecular weight excluding hydrogens is 390 g/mol. The van der Waals surface area contributed by atoms with E-state index in [0.29, 0.717) is 0 Å². The molecule has 5 aromatic rings. The summed E-state index contributed by atoms with van der Waals surface area (Å²) >= 11 is 1.59. The van der Waals surface area contributed by atoms with Gasteiger partial charge in [0.05, 0.1) is 15.6 Å². The summed E-state index contributed by atoms with van der Waals surface area (Å²) in [5.41, 5.74) is 9.59. The van der Waals surface area contributed by atoms with Crippen LogP contribution in [0.15, 0.2) is 76.2 Å². The summed E-state index contributed by atoms with van der Waals surface area (Å²) in [6.45, 7) is 6.28. The standard InChI is InChI=1S/C25H21N3OS/c1-15-8-10-18(11-9-15)22-14-21(19-12-16(2)17(3)13-23(19)29-22)27-28-25-26-20-6-4-5-7-24(20)30-25/h4-14H,1-3H3,(H,26,28)/b27-21+. The van der Waals surface area contributed by atoms with Crippen LogP contribution in [0.5, 0.6) is 0 Å². The lowest BCUT2D eigenvalue weighted by Crippen LogP contribution is -2.08. The van der Waals surface area contributed by atoms with E-state index >= 15 is 0 Å². The SMILES string of the molecule is Cc1ccc(-c2c/c(=N\Nc3nc4ccccc4s3)c3cc(C)c(C)cc3o2)cc1. The van der Waals surface area contributed by atoms with Crippen molar-refractivity contribution < 1.29 is 4.42 Å². The molecule has 0 radical (unpaired) electrons. The van der Waals surface area contributed by atoms with Crippen molar-refractivity contribution in [2.75, 3.05) is 5.43 Å². The number of benzene rings is 3. The molecule has 0 fully saturated rings. The van der Waals surface area contributed by atoms with Crippen LogP contribution in [-0.4, -0.2) is 4.98 Å². The Morgan fingerprint density at radius 3 is 2.47 bits per heavy atom. The van der Waals surface area contributed by atoms with Gasteiger partial charge in [0.1, 0.15) is 11.3 Å². The number of anilines is 1. The molecule has 0 spiro atoms. The van der Waals surface area contributed by atoms with Crippen LogP contribution >= 0.6 is 11.3 Å². The predicted octanol–water partition coefficient (Wildman–Crippen LogP) is 6.56. The molecule has 3 aromatic carbocycles. The van der Waals surface area contributed by atoms with Crippen LogP contribution < -0.4 is 10.8 Å². The fraction of sp³-hybridized carbons (Fsp3) is 0.120. The topological polar surface area (TPSA) is 50.4 Å². The maximum atomic E-state index is 6.26. The molecule has 2 heterocycles. The van der Waals surface area contributed by atoms with Crippen molar-refractivity contribution in [2.24, 2.45) is 5.10 Å². The molecule has 148 valence electrons. The van der Waals surface area contributed by atoms with Gasteiger partial charge in [0.15, 0.2) is 0 Å². The van der Waals surface area contributed by atoms with E-state index in [0.717, 1.165) is 43.0 Å². The van der Waals surface area contributed by atoms with Gasteiger partial charge in [0, 0.05) is 17.0 Å². The molecule has 5 rings (SSSR count). The first-order chi connectivity index (χ1) is 14.6. The zero-order chi connectivity index (χ0) is 20.7. The summed E-state index contributed by atoms with van der Waals surface area (Å²) in [5.74, 6) is 0.788. The van der Waals surface area contributed by atoms with E-state index in [1.165, 1.54) is 16.7 Å². The number of para-hydroxylation sites is 1. The van der Waals surface area contributed by atoms with Crippen molar-refractivity contribution in [2.45, 2.75) is 20.8 Å². The minimum absolute atomic E-state index is 0.769. The fourth-order valence-corrected chi connectivity index (χ4v) is 4.21. The van der Waals surface area contributed by atoms with Crippen LogP contribution in [0.1, 0.15) is 16.7 Å². The second-order valence-electron chi connectivity index (χ2n) is 7.50. The molecule has 0 saturated carbocycles. The molecule has 0 aliphatic heterocycles. The van der Waals surface area contributed by atoms with E-state index in [4.69, 9.17) is 9.52 Å². The number of hydrogen-bond donors (Lipinski definition) is 1. The molecule has 0 unspecified atom stereocenters. The second kappa shape index (κ2) is 7.43. The average Bonchev–Trinajstić information content (AvgIpc) is 3.16. The van der Waals surface area contributed by atoms with Crippen LogP contribution in [0.2, 0.25) is 0 Å². The number of fused-ring (bicyclic) bond motifs is 2. The molecule has 0 saturated heterocycles. The van der Waals surface area contributed by atoms with Crippen molar-refractivity contribution >= 4 is 37.7 Å². The number of thiazole rings is 1. The summed E-state index contributed by atoms with van der Waals surface area (Å²) in [6, 6.07) is 22.6. The van der Waals surface area contributed by atoms with Gasteiger partial charge >= 0.3 is 0 Å². The summed E-state index contributed by atoms with van der Waals surface area (Å²) < 4.78 is 7.40. The molecule has 30 heavy (non-hydrogen) atoms. The molecule has 5 heteroatoms. The van der Waals surface area contributed by atoms with Crippen molar-refractivity contribution in [3.05, 3.63) is 88.8 Å². The van der Waals surface area contributed by atoms with E-state index in [9.17, 15) is 0 Å². The minimum Gasteiger partial charge on any atom is -0.456 e. The van der Waals surface area contributed by atoms with Gasteiger partial charge in [-0.1, -0.05) is 53.3 Å². The lowest BCUT2D eigenvalue weighted by atomic mass is 10.1. The monoisotopic (exact) mass is 411 g/mol. The molecule has 0 aliphatic carbocycles. The minimum atomic E-state index is 0.769. The van der Waals surface area contributed by atoms with Gasteiger partial charge in [-0.05, 0) is 56.2 Å². The Bertz CT molecular complexity index is 1410. The van der Waals surface area contributed by atoms with Crippen molar-refractivity contribution in [1.82, 2.24) is 4.98 Å². The van der Waals surface area contributed by atoms with Crippen molar-refractivity contribution in [1.29, 1.82) is 0 Å². The quantitative estimate of drug-likeness (QED) is 0.342. The number of nitrogens with zero attached hydrogens (tertiary/aromatic N) is 2. The lowest BCUT2D eigenvalue weighted by Gasteiger charge is -2.08. The highest BCUT2D eigenvalue weighted by atomic mass is 32.1. The van der Waals surface area contributed by atoms with Gasteiger partial charge in [-0.3, -0.25) is 5.43 Å². The predicted molar refractivity (Wildman–Crippen MR) is 125 cm³/mol. The largest absolute Gasteiger partial charge is 0.456 e. The highest BCUT2D eigenvalue weighted by molar-refractivity contribution is 7.22. The van der Waals surface area contributed by atoms with Crippen LogP contribution in [0.4, 0.5) is 5.13 Å². The lowest BCUT2D eigenvalue weighted by molar-refractivity contribution is 0.617. The van der Waals surface area contributed by atoms with Gasteiger partial charge in [-0.15, -0.1) is 0 Å². The average molecular weight is 412 g/mol. The molecule has 0 amide bonds. The van der Waals surface area contributed by atoms with Gasteiger partial charge in [-0.25, -0.2) is 4.98 Å². The highest BCUT2D eigenvalue weighted by Gasteiger charge is 2.09. The Labute approximate surface area is 178 Å². The smallest absolute Gasteiger partial charge is 0.204 e. The zero-order valence-corrected chi connectivity index (χ0v) is 17.9. The maximum Gasteiger partial charge on any atom is 0.204 e. The second-order valence-corrected chi connectivity index (χ2v) is 8.54. The first-order valence-electron chi connectivity index (χ1n) is 9.84.